The second-order valence-corrected chi connectivity index (χ2v) is 7.27. The highest BCUT2D eigenvalue weighted by Gasteiger charge is 2.35. The predicted molar refractivity (Wildman–Crippen MR) is 83.1 cm³/mol. The molecule has 0 radical (unpaired) electrons. The molecule has 3 nitrogen and oxygen atoms in total. The molecule has 2 rings (SSSR count). The molecule has 2 fully saturated rings. The first-order chi connectivity index (χ1) is 9.60. The first kappa shape index (κ1) is 15.8. The summed E-state index contributed by atoms with van der Waals surface area (Å²) in [6, 6.07) is 0. The monoisotopic (exact) mass is 280 g/mol. The molecule has 0 heterocycles. The van der Waals surface area contributed by atoms with Gasteiger partial charge in [0.2, 0.25) is 5.91 Å². The quantitative estimate of drug-likeness (QED) is 0.781. The Morgan fingerprint density at radius 1 is 0.900 bits per heavy atom. The Morgan fingerprint density at radius 2 is 1.40 bits per heavy atom. The van der Waals surface area contributed by atoms with Gasteiger partial charge < -0.3 is 11.5 Å². The van der Waals surface area contributed by atoms with Crippen molar-refractivity contribution in [2.45, 2.75) is 89.0 Å². The largest absolute Gasteiger partial charge is 0.368 e. The second-order valence-electron chi connectivity index (χ2n) is 7.27. The molecule has 2 saturated carbocycles. The van der Waals surface area contributed by atoms with Crippen LogP contribution in [0, 0.1) is 11.8 Å². The van der Waals surface area contributed by atoms with Gasteiger partial charge in [-0.15, -0.1) is 0 Å². The third-order valence-corrected chi connectivity index (χ3v) is 5.59. The van der Waals surface area contributed by atoms with E-state index in [9.17, 15) is 4.79 Å². The molecule has 0 aromatic rings. The van der Waals surface area contributed by atoms with Gasteiger partial charge >= 0.3 is 0 Å². The lowest BCUT2D eigenvalue weighted by atomic mass is 9.75. The van der Waals surface area contributed by atoms with E-state index in [2.05, 4.69) is 0 Å². The number of carbonyl (C=O) groups excluding carboxylic acids is 1. The molecule has 0 aromatic heterocycles. The Bertz CT molecular complexity index is 306. The minimum absolute atomic E-state index is 0.279. The van der Waals surface area contributed by atoms with E-state index in [0.29, 0.717) is 5.92 Å². The third-order valence-electron chi connectivity index (χ3n) is 5.59. The van der Waals surface area contributed by atoms with Crippen LogP contribution in [0.25, 0.3) is 0 Å². The lowest BCUT2D eigenvalue weighted by Crippen LogP contribution is -2.53. The average Bonchev–Trinajstić information content (AvgIpc) is 2.47. The van der Waals surface area contributed by atoms with Gasteiger partial charge in [0.05, 0.1) is 5.54 Å². The van der Waals surface area contributed by atoms with Crippen LogP contribution in [-0.4, -0.2) is 11.4 Å². The molecule has 20 heavy (non-hydrogen) atoms. The van der Waals surface area contributed by atoms with Crippen molar-refractivity contribution >= 4 is 5.91 Å². The van der Waals surface area contributed by atoms with Gasteiger partial charge in [-0.25, -0.2) is 0 Å². The van der Waals surface area contributed by atoms with Gasteiger partial charge in [-0.2, -0.15) is 0 Å². The van der Waals surface area contributed by atoms with E-state index in [1.54, 1.807) is 0 Å². The normalized spacial score (nSPS) is 25.2. The zero-order chi connectivity index (χ0) is 14.4. The highest BCUT2D eigenvalue weighted by Crippen LogP contribution is 2.34. The number of primary amides is 1. The molecule has 1 amide bonds. The van der Waals surface area contributed by atoms with Crippen LogP contribution in [0.2, 0.25) is 0 Å². The van der Waals surface area contributed by atoms with Crippen LogP contribution in [-0.2, 0) is 4.79 Å². The van der Waals surface area contributed by atoms with Gasteiger partial charge in [-0.1, -0.05) is 64.2 Å². The van der Waals surface area contributed by atoms with Crippen molar-refractivity contribution in [3.63, 3.8) is 0 Å². The molecule has 4 N–H and O–H groups in total. The summed E-state index contributed by atoms with van der Waals surface area (Å²) in [6.07, 6.45) is 15.8. The van der Waals surface area contributed by atoms with Gasteiger partial charge in [0.15, 0.2) is 0 Å². The summed E-state index contributed by atoms with van der Waals surface area (Å²) < 4.78 is 0. The fourth-order valence-electron chi connectivity index (χ4n) is 4.17. The molecule has 0 aliphatic heterocycles. The van der Waals surface area contributed by atoms with Gasteiger partial charge in [-0.05, 0) is 31.1 Å². The molecule has 0 bridgehead atoms. The number of amides is 1. The van der Waals surface area contributed by atoms with Crippen molar-refractivity contribution in [3.05, 3.63) is 0 Å². The molecule has 0 saturated heterocycles. The molecule has 0 spiro atoms. The number of carbonyl (C=O) groups is 1. The second kappa shape index (κ2) is 7.44. The Kier molecular flexibility index (Phi) is 5.88. The third kappa shape index (κ3) is 4.47. The van der Waals surface area contributed by atoms with E-state index in [-0.39, 0.29) is 5.91 Å². The van der Waals surface area contributed by atoms with Gasteiger partial charge in [-0.3, -0.25) is 4.79 Å². The molecular formula is C17H32N2O. The van der Waals surface area contributed by atoms with Crippen LogP contribution in [0.5, 0.6) is 0 Å². The smallest absolute Gasteiger partial charge is 0.237 e. The van der Waals surface area contributed by atoms with Crippen molar-refractivity contribution in [2.75, 3.05) is 0 Å². The maximum atomic E-state index is 11.9. The van der Waals surface area contributed by atoms with Crippen LogP contribution in [0.15, 0.2) is 0 Å². The molecule has 0 aromatic carbocycles. The van der Waals surface area contributed by atoms with E-state index in [0.717, 1.165) is 25.2 Å². The fourth-order valence-corrected chi connectivity index (χ4v) is 4.17. The van der Waals surface area contributed by atoms with E-state index in [4.69, 9.17) is 11.5 Å². The number of rotatable bonds is 6. The highest BCUT2D eigenvalue weighted by molar-refractivity contribution is 5.84. The summed E-state index contributed by atoms with van der Waals surface area (Å²) in [6.45, 7) is 0. The molecule has 2 aliphatic rings. The lowest BCUT2D eigenvalue weighted by molar-refractivity contribution is -0.124. The summed E-state index contributed by atoms with van der Waals surface area (Å²) in [7, 11) is 0. The standard InChI is InChI=1S/C17H32N2O/c18-16(20)17(19,13-15-9-5-2-6-10-15)12-11-14-7-3-1-4-8-14/h14-15H,1-13,19H2,(H2,18,20). The SMILES string of the molecule is NC(=O)C(N)(CCC1CCCCC1)CC1CCCCC1. The summed E-state index contributed by atoms with van der Waals surface area (Å²) in [5.41, 5.74) is 11.3. The van der Waals surface area contributed by atoms with Crippen molar-refractivity contribution in [2.24, 2.45) is 23.3 Å². The first-order valence-electron chi connectivity index (χ1n) is 8.69. The Morgan fingerprint density at radius 3 is 1.90 bits per heavy atom. The molecule has 1 atom stereocenters. The minimum Gasteiger partial charge on any atom is -0.368 e. The average molecular weight is 280 g/mol. The summed E-state index contributed by atoms with van der Waals surface area (Å²) in [5.74, 6) is 1.11. The van der Waals surface area contributed by atoms with Crippen LogP contribution in [0.3, 0.4) is 0 Å². The Balaban J connectivity index is 1.84. The molecule has 116 valence electrons. The fraction of sp³-hybridized carbons (Fsp3) is 0.941. The lowest BCUT2D eigenvalue weighted by Gasteiger charge is -2.34. The first-order valence-corrected chi connectivity index (χ1v) is 8.69. The van der Waals surface area contributed by atoms with E-state index >= 15 is 0 Å². The van der Waals surface area contributed by atoms with Crippen molar-refractivity contribution < 1.29 is 4.79 Å². The van der Waals surface area contributed by atoms with Crippen molar-refractivity contribution in [1.82, 2.24) is 0 Å². The summed E-state index contributed by atoms with van der Waals surface area (Å²) in [5, 5.41) is 0. The van der Waals surface area contributed by atoms with Gasteiger partial charge in [0, 0.05) is 0 Å². The van der Waals surface area contributed by atoms with Crippen LogP contribution >= 0.6 is 0 Å². The molecule has 2 aliphatic carbocycles. The Labute approximate surface area is 123 Å². The maximum Gasteiger partial charge on any atom is 0.237 e. The van der Waals surface area contributed by atoms with Gasteiger partial charge in [0.25, 0.3) is 0 Å². The van der Waals surface area contributed by atoms with Crippen molar-refractivity contribution in [1.29, 1.82) is 0 Å². The molecule has 3 heteroatoms. The number of nitrogens with two attached hydrogens (primary N) is 2. The van der Waals surface area contributed by atoms with E-state index in [1.807, 2.05) is 0 Å². The van der Waals surface area contributed by atoms with Crippen LogP contribution in [0.4, 0.5) is 0 Å². The van der Waals surface area contributed by atoms with E-state index < -0.39 is 5.54 Å². The zero-order valence-electron chi connectivity index (χ0n) is 12.9. The maximum absolute atomic E-state index is 11.9. The van der Waals surface area contributed by atoms with E-state index in [1.165, 1.54) is 64.2 Å². The molecular weight excluding hydrogens is 248 g/mol. The summed E-state index contributed by atoms with van der Waals surface area (Å²) >= 11 is 0. The molecule has 1 unspecified atom stereocenters. The van der Waals surface area contributed by atoms with Crippen LogP contribution in [0.1, 0.15) is 83.5 Å². The predicted octanol–water partition coefficient (Wildman–Crippen LogP) is 3.50. The van der Waals surface area contributed by atoms with Crippen LogP contribution < -0.4 is 11.5 Å². The number of hydrogen-bond acceptors (Lipinski definition) is 2. The Hall–Kier alpha value is -0.570. The highest BCUT2D eigenvalue weighted by atomic mass is 16.1. The number of hydrogen-bond donors (Lipinski definition) is 2. The minimum atomic E-state index is -0.751. The zero-order valence-corrected chi connectivity index (χ0v) is 12.9. The topological polar surface area (TPSA) is 69.1 Å². The summed E-state index contributed by atoms with van der Waals surface area (Å²) in [4.78, 5) is 11.9. The van der Waals surface area contributed by atoms with Crippen molar-refractivity contribution in [3.8, 4) is 0 Å². The van der Waals surface area contributed by atoms with Gasteiger partial charge in [0.1, 0.15) is 0 Å².